The molecule has 0 spiro atoms. The normalized spacial score (nSPS) is 20.5. The molecule has 0 aliphatic heterocycles. The summed E-state index contributed by atoms with van der Waals surface area (Å²) in [6, 6.07) is 0. The van der Waals surface area contributed by atoms with E-state index in [9.17, 15) is 0 Å². The molecule has 1 aliphatic rings. The van der Waals surface area contributed by atoms with Crippen LogP contribution in [0.2, 0.25) is 0 Å². The monoisotopic (exact) mass is 237 g/mol. The fourth-order valence-corrected chi connectivity index (χ4v) is 2.38. The first-order valence-corrected chi connectivity index (χ1v) is 7.51. The first-order chi connectivity index (χ1) is 8.43. The van der Waals surface area contributed by atoms with Gasteiger partial charge in [-0.25, -0.2) is 0 Å². The molecular weight excluding hydrogens is 208 g/mol. The van der Waals surface area contributed by atoms with Crippen molar-refractivity contribution < 1.29 is 4.74 Å². The van der Waals surface area contributed by atoms with E-state index >= 15 is 0 Å². The van der Waals surface area contributed by atoms with Gasteiger partial charge in [0.2, 0.25) is 0 Å². The molecule has 0 aromatic rings. The third kappa shape index (κ3) is 8.29. The lowest BCUT2D eigenvalue weighted by Crippen LogP contribution is -2.09. The number of hydrogen-bond acceptors (Lipinski definition) is 1. The molecule has 1 heteroatoms. The van der Waals surface area contributed by atoms with E-state index in [1.54, 1.807) is 0 Å². The van der Waals surface area contributed by atoms with Crippen LogP contribution in [0.5, 0.6) is 0 Å². The summed E-state index contributed by atoms with van der Waals surface area (Å²) < 4.78 is 5.65. The van der Waals surface area contributed by atoms with Gasteiger partial charge in [0.05, 0.1) is 12.9 Å². The Hall–Kier alpha value is -0.460. The Bertz CT molecular complexity index is 176. The summed E-state index contributed by atoms with van der Waals surface area (Å²) in [7, 11) is 0. The molecule has 0 N–H and O–H groups in total. The highest BCUT2D eigenvalue weighted by molar-refractivity contribution is 4.74. The van der Waals surface area contributed by atoms with Crippen molar-refractivity contribution in [3.05, 3.63) is 18.8 Å². The smallest absolute Gasteiger partial charge is 0.0901 e. The van der Waals surface area contributed by atoms with Crippen LogP contribution in [-0.4, -0.2) is 6.61 Å². The van der Waals surface area contributed by atoms with Crippen LogP contribution in [-0.2, 0) is 4.74 Å². The highest BCUT2D eigenvalue weighted by atomic mass is 16.5. The van der Waals surface area contributed by atoms with Crippen molar-refractivity contribution in [1.82, 2.24) is 0 Å². The quantitative estimate of drug-likeness (QED) is 0.592. The summed E-state index contributed by atoms with van der Waals surface area (Å²) in [5.74, 6) is 0.774. The van der Waals surface area contributed by atoms with E-state index in [0.717, 1.165) is 18.9 Å². The Morgan fingerprint density at radius 3 is 2.88 bits per heavy atom. The van der Waals surface area contributed by atoms with Crippen molar-refractivity contribution in [2.45, 2.75) is 71.1 Å². The van der Waals surface area contributed by atoms with Crippen LogP contribution in [0.15, 0.2) is 12.3 Å². The molecule has 1 nitrogen and oxygen atoms in total. The molecule has 1 radical (unpaired) electrons. The molecule has 99 valence electrons. The van der Waals surface area contributed by atoms with Crippen LogP contribution in [0.3, 0.4) is 0 Å². The second-order valence-electron chi connectivity index (χ2n) is 5.22. The second kappa shape index (κ2) is 10.7. The molecule has 0 aromatic heterocycles. The van der Waals surface area contributed by atoms with E-state index in [4.69, 9.17) is 4.74 Å². The summed E-state index contributed by atoms with van der Waals surface area (Å²) in [5.41, 5.74) is 0. The van der Waals surface area contributed by atoms with Crippen molar-refractivity contribution in [2.24, 2.45) is 5.92 Å². The largest absolute Gasteiger partial charge is 0.501 e. The van der Waals surface area contributed by atoms with Crippen molar-refractivity contribution in [1.29, 1.82) is 0 Å². The number of rotatable bonds is 5. The molecule has 17 heavy (non-hydrogen) atoms. The highest BCUT2D eigenvalue weighted by Gasteiger charge is 2.10. The van der Waals surface area contributed by atoms with Crippen molar-refractivity contribution in [2.75, 3.05) is 6.61 Å². The zero-order chi connectivity index (χ0) is 12.2. The fourth-order valence-electron chi connectivity index (χ4n) is 2.38. The minimum atomic E-state index is 0.774. The van der Waals surface area contributed by atoms with E-state index < -0.39 is 0 Å². The maximum atomic E-state index is 5.65. The maximum Gasteiger partial charge on any atom is 0.0901 e. The predicted molar refractivity (Wildman–Crippen MR) is 74.7 cm³/mol. The van der Waals surface area contributed by atoms with Crippen molar-refractivity contribution in [3.8, 4) is 0 Å². The van der Waals surface area contributed by atoms with Crippen LogP contribution in [0.25, 0.3) is 0 Å². The zero-order valence-electron chi connectivity index (χ0n) is 11.5. The predicted octanol–water partition coefficient (Wildman–Crippen LogP) is 5.27. The molecule has 1 aliphatic carbocycles. The number of allylic oxidation sites excluding steroid dienone is 1. The third-order valence-electron chi connectivity index (χ3n) is 3.53. The summed E-state index contributed by atoms with van der Waals surface area (Å²) in [5, 5.41) is 0. The SMILES string of the molecule is CCCC=COCC1CC[CH]CCCCCC1. The van der Waals surface area contributed by atoms with E-state index in [2.05, 4.69) is 19.4 Å². The molecule has 0 heterocycles. The molecule has 1 saturated carbocycles. The van der Waals surface area contributed by atoms with Crippen molar-refractivity contribution in [3.63, 3.8) is 0 Å². The highest BCUT2D eigenvalue weighted by Crippen LogP contribution is 2.21. The summed E-state index contributed by atoms with van der Waals surface area (Å²) >= 11 is 0. The van der Waals surface area contributed by atoms with Crippen LogP contribution < -0.4 is 0 Å². The van der Waals surface area contributed by atoms with Gasteiger partial charge >= 0.3 is 0 Å². The molecule has 0 bridgehead atoms. The average Bonchev–Trinajstić information content (AvgIpc) is 2.36. The molecule has 1 rings (SSSR count). The van der Waals surface area contributed by atoms with Crippen LogP contribution >= 0.6 is 0 Å². The summed E-state index contributed by atoms with van der Waals surface area (Å²) in [6.07, 6.45) is 19.8. The third-order valence-corrected chi connectivity index (χ3v) is 3.53. The lowest BCUT2D eigenvalue weighted by atomic mass is 9.93. The standard InChI is InChI=1S/C16H29O/c1-2-3-11-14-17-15-16-12-9-7-5-4-6-8-10-13-16/h7,11,14,16H,2-6,8-10,12-13,15H2,1H3. The number of ether oxygens (including phenoxy) is 1. The Morgan fingerprint density at radius 2 is 2.00 bits per heavy atom. The average molecular weight is 237 g/mol. The topological polar surface area (TPSA) is 9.23 Å². The zero-order valence-corrected chi connectivity index (χ0v) is 11.5. The number of hydrogen-bond donors (Lipinski definition) is 0. The molecule has 1 fully saturated rings. The van der Waals surface area contributed by atoms with Gasteiger partial charge in [0.25, 0.3) is 0 Å². The molecule has 0 amide bonds. The molecular formula is C16H29O. The van der Waals surface area contributed by atoms with Gasteiger partial charge in [0, 0.05) is 0 Å². The maximum absolute atomic E-state index is 5.65. The summed E-state index contributed by atoms with van der Waals surface area (Å²) in [6.45, 7) is 3.12. The number of unbranched alkanes of at least 4 members (excludes halogenated alkanes) is 1. The van der Waals surface area contributed by atoms with Crippen LogP contribution in [0.4, 0.5) is 0 Å². The summed E-state index contributed by atoms with van der Waals surface area (Å²) in [4.78, 5) is 0. The van der Waals surface area contributed by atoms with Gasteiger partial charge in [-0.05, 0) is 44.1 Å². The van der Waals surface area contributed by atoms with Crippen LogP contribution in [0.1, 0.15) is 71.1 Å². The lowest BCUT2D eigenvalue weighted by molar-refractivity contribution is 0.177. The molecule has 0 aromatic carbocycles. The Balaban J connectivity index is 2.14. The van der Waals surface area contributed by atoms with E-state index in [1.165, 1.54) is 57.8 Å². The molecule has 0 saturated heterocycles. The van der Waals surface area contributed by atoms with Crippen molar-refractivity contribution >= 4 is 0 Å². The Labute approximate surface area is 108 Å². The Morgan fingerprint density at radius 1 is 1.12 bits per heavy atom. The Kier molecular flexibility index (Phi) is 9.17. The van der Waals surface area contributed by atoms with Gasteiger partial charge in [-0.3, -0.25) is 0 Å². The fraction of sp³-hybridized carbons (Fsp3) is 0.812. The van der Waals surface area contributed by atoms with Gasteiger partial charge in [-0.2, -0.15) is 0 Å². The van der Waals surface area contributed by atoms with Gasteiger partial charge < -0.3 is 4.74 Å². The molecule has 1 unspecified atom stereocenters. The minimum absolute atomic E-state index is 0.774. The first-order valence-electron chi connectivity index (χ1n) is 7.51. The van der Waals surface area contributed by atoms with Gasteiger partial charge in [0.1, 0.15) is 0 Å². The second-order valence-corrected chi connectivity index (χ2v) is 5.22. The van der Waals surface area contributed by atoms with Gasteiger partial charge in [-0.15, -0.1) is 0 Å². The van der Waals surface area contributed by atoms with Gasteiger partial charge in [-0.1, -0.05) is 45.4 Å². The van der Waals surface area contributed by atoms with E-state index in [-0.39, 0.29) is 0 Å². The first kappa shape index (κ1) is 14.6. The minimum Gasteiger partial charge on any atom is -0.501 e. The van der Waals surface area contributed by atoms with Crippen LogP contribution in [0, 0.1) is 12.3 Å². The van der Waals surface area contributed by atoms with E-state index in [1.807, 2.05) is 6.26 Å². The van der Waals surface area contributed by atoms with Gasteiger partial charge in [0.15, 0.2) is 0 Å². The van der Waals surface area contributed by atoms with E-state index in [0.29, 0.717) is 0 Å². The lowest BCUT2D eigenvalue weighted by Gasteiger charge is -2.17. The molecule has 1 atom stereocenters.